The monoisotopic (exact) mass is 754 g/mol. The van der Waals surface area contributed by atoms with Crippen molar-refractivity contribution in [3.8, 4) is 44.5 Å². The van der Waals surface area contributed by atoms with Crippen molar-refractivity contribution in [1.82, 2.24) is 19.9 Å². The van der Waals surface area contributed by atoms with Crippen molar-refractivity contribution in [2.24, 2.45) is 0 Å². The minimum absolute atomic E-state index is 0.931. The van der Waals surface area contributed by atoms with Crippen molar-refractivity contribution < 1.29 is 0 Å². The molecule has 0 aliphatic carbocycles. The van der Waals surface area contributed by atoms with Crippen LogP contribution in [0.2, 0.25) is 0 Å². The third-order valence-electron chi connectivity index (χ3n) is 12.1. The average molecular weight is 755 g/mol. The van der Waals surface area contributed by atoms with Crippen LogP contribution in [0.1, 0.15) is 78.4 Å². The van der Waals surface area contributed by atoms with Gasteiger partial charge in [-0.05, 0) is 185 Å². The standard InChI is InChI=1S/C54H50N4/c1-29-25-35(7)49(36(8)26-29)53-43-21-17-39(55-43)51(47-31(3)13-11-14-32(47)4)41-19-23-45(57-41)54(50-37(9)27-30(2)28-38(50)10)46-24-20-42(58-46)52(40-18-22-44(53)56-40)48-33(5)15-12-16-34(48)6/h11-28,55,58H,1-10H3. The maximum Gasteiger partial charge on any atom is 0.0737 e. The van der Waals surface area contributed by atoms with Crippen molar-refractivity contribution in [3.05, 3.63) is 163 Å². The molecular weight excluding hydrogens is 705 g/mol. The van der Waals surface area contributed by atoms with E-state index >= 15 is 0 Å². The van der Waals surface area contributed by atoms with E-state index in [1.807, 2.05) is 0 Å². The number of rotatable bonds is 4. The molecule has 2 aliphatic heterocycles. The van der Waals surface area contributed by atoms with E-state index in [0.717, 1.165) is 67.1 Å². The Morgan fingerprint density at radius 3 is 0.793 bits per heavy atom. The number of nitrogens with one attached hydrogen (secondary N) is 2. The van der Waals surface area contributed by atoms with Gasteiger partial charge in [-0.25, -0.2) is 9.97 Å². The predicted molar refractivity (Wildman–Crippen MR) is 248 cm³/mol. The van der Waals surface area contributed by atoms with Crippen molar-refractivity contribution in [1.29, 1.82) is 0 Å². The first-order valence-electron chi connectivity index (χ1n) is 20.3. The minimum Gasteiger partial charge on any atom is -0.354 e. The first kappa shape index (κ1) is 37.1. The van der Waals surface area contributed by atoms with Crippen LogP contribution in [0.15, 0.2) is 84.9 Å². The molecule has 0 spiro atoms. The molecule has 0 atom stereocenters. The summed E-state index contributed by atoms with van der Waals surface area (Å²) in [7, 11) is 0. The van der Waals surface area contributed by atoms with Gasteiger partial charge in [0.2, 0.25) is 0 Å². The molecule has 8 bridgehead atoms. The van der Waals surface area contributed by atoms with Crippen LogP contribution in [0.4, 0.5) is 0 Å². The number of fused-ring (bicyclic) bond motifs is 8. The fourth-order valence-electron chi connectivity index (χ4n) is 9.82. The fraction of sp³-hybridized carbons (Fsp3) is 0.185. The van der Waals surface area contributed by atoms with Crippen molar-refractivity contribution >= 4 is 46.4 Å². The van der Waals surface area contributed by atoms with Gasteiger partial charge in [-0.3, -0.25) is 0 Å². The van der Waals surface area contributed by atoms with Gasteiger partial charge in [0.1, 0.15) is 0 Å². The summed E-state index contributed by atoms with van der Waals surface area (Å²) in [6, 6.07) is 31.2. The van der Waals surface area contributed by atoms with Gasteiger partial charge in [-0.1, -0.05) is 71.8 Å². The van der Waals surface area contributed by atoms with Crippen LogP contribution in [0.25, 0.3) is 90.9 Å². The zero-order valence-electron chi connectivity index (χ0n) is 35.3. The van der Waals surface area contributed by atoms with Gasteiger partial charge < -0.3 is 9.97 Å². The second-order valence-corrected chi connectivity index (χ2v) is 16.6. The Bertz CT molecular complexity index is 2810. The number of nitrogens with zero attached hydrogens (tertiary/aromatic N) is 2. The average Bonchev–Trinajstić information content (AvgIpc) is 4.00. The van der Waals surface area contributed by atoms with Gasteiger partial charge in [-0.15, -0.1) is 0 Å². The number of aromatic amines is 2. The maximum atomic E-state index is 5.60. The summed E-state index contributed by atoms with van der Waals surface area (Å²) >= 11 is 0. The number of aryl methyl sites for hydroxylation is 10. The second-order valence-electron chi connectivity index (χ2n) is 16.6. The third-order valence-corrected chi connectivity index (χ3v) is 12.1. The van der Waals surface area contributed by atoms with E-state index in [9.17, 15) is 0 Å². The second kappa shape index (κ2) is 14.1. The number of hydrogen-bond acceptors (Lipinski definition) is 2. The van der Waals surface area contributed by atoms with Gasteiger partial charge in [0.15, 0.2) is 0 Å². The van der Waals surface area contributed by atoms with Gasteiger partial charge in [0.25, 0.3) is 0 Å². The highest BCUT2D eigenvalue weighted by Crippen LogP contribution is 2.42. The highest BCUT2D eigenvalue weighted by Gasteiger charge is 2.23. The van der Waals surface area contributed by atoms with Crippen LogP contribution in [0.5, 0.6) is 0 Å². The number of H-pyrrole nitrogens is 2. The Morgan fingerprint density at radius 1 is 0.293 bits per heavy atom. The fourth-order valence-corrected chi connectivity index (χ4v) is 9.82. The van der Waals surface area contributed by atoms with E-state index in [0.29, 0.717) is 0 Å². The Morgan fingerprint density at radius 2 is 0.534 bits per heavy atom. The van der Waals surface area contributed by atoms with E-state index in [-0.39, 0.29) is 0 Å². The molecule has 0 amide bonds. The van der Waals surface area contributed by atoms with Crippen LogP contribution in [0, 0.1) is 69.2 Å². The molecule has 5 heterocycles. The quantitative estimate of drug-likeness (QED) is 0.188. The molecule has 4 nitrogen and oxygen atoms in total. The summed E-state index contributed by atoms with van der Waals surface area (Å²) in [6.07, 6.45) is 8.82. The van der Waals surface area contributed by atoms with Crippen molar-refractivity contribution in [2.75, 3.05) is 0 Å². The van der Waals surface area contributed by atoms with E-state index in [1.165, 1.54) is 77.9 Å². The highest BCUT2D eigenvalue weighted by molar-refractivity contribution is 6.01. The Hall–Kier alpha value is -6.52. The molecule has 7 aromatic rings. The minimum atomic E-state index is 0.931. The van der Waals surface area contributed by atoms with Crippen LogP contribution in [0.3, 0.4) is 0 Å². The summed E-state index contributed by atoms with van der Waals surface area (Å²) in [4.78, 5) is 19.1. The smallest absolute Gasteiger partial charge is 0.0737 e. The molecule has 2 aliphatic rings. The Kier molecular flexibility index (Phi) is 9.04. The zero-order chi connectivity index (χ0) is 40.6. The lowest BCUT2D eigenvalue weighted by Gasteiger charge is -2.14. The third kappa shape index (κ3) is 6.15. The molecule has 0 fully saturated rings. The first-order chi connectivity index (χ1) is 27.9. The Balaban J connectivity index is 1.54. The predicted octanol–water partition coefficient (Wildman–Crippen LogP) is 14.4. The van der Waals surface area contributed by atoms with Crippen LogP contribution in [-0.4, -0.2) is 19.9 Å². The molecule has 4 aromatic carbocycles. The molecule has 9 rings (SSSR count). The van der Waals surface area contributed by atoms with Crippen molar-refractivity contribution in [3.63, 3.8) is 0 Å². The summed E-state index contributed by atoms with van der Waals surface area (Å²) in [6.45, 7) is 22.0. The summed E-state index contributed by atoms with van der Waals surface area (Å²) in [5, 5.41) is 0. The van der Waals surface area contributed by atoms with Gasteiger partial charge in [0.05, 0.1) is 22.8 Å². The van der Waals surface area contributed by atoms with E-state index in [1.54, 1.807) is 0 Å². The number of benzene rings is 4. The lowest BCUT2D eigenvalue weighted by molar-refractivity contribution is 1.27. The molecule has 0 unspecified atom stereocenters. The van der Waals surface area contributed by atoms with Gasteiger partial charge in [0, 0.05) is 44.3 Å². The van der Waals surface area contributed by atoms with Crippen LogP contribution >= 0.6 is 0 Å². The first-order valence-corrected chi connectivity index (χ1v) is 20.3. The number of hydrogen-bond donors (Lipinski definition) is 2. The lowest BCUT2D eigenvalue weighted by atomic mass is 9.92. The number of aromatic nitrogens is 4. The normalized spacial score (nSPS) is 12.2. The SMILES string of the molecule is Cc1cc(C)c(-c2c3nc(c(-c4c(C)cccc4C)c4ccc([nH]4)c(-c4c(C)cc(C)cc4C)c4nc(c(-c5c(C)cccc5C)c5ccc2[nH]5)C=C4)C=C3)c(C)c1. The molecule has 3 aromatic heterocycles. The molecule has 0 radical (unpaired) electrons. The molecule has 58 heavy (non-hydrogen) atoms. The van der Waals surface area contributed by atoms with Crippen molar-refractivity contribution in [2.45, 2.75) is 69.2 Å². The molecule has 2 N–H and O–H groups in total. The highest BCUT2D eigenvalue weighted by atomic mass is 14.8. The van der Waals surface area contributed by atoms with Crippen LogP contribution < -0.4 is 0 Å². The topological polar surface area (TPSA) is 57.4 Å². The maximum absolute atomic E-state index is 5.60. The van der Waals surface area contributed by atoms with Gasteiger partial charge >= 0.3 is 0 Å². The van der Waals surface area contributed by atoms with Crippen LogP contribution in [-0.2, 0) is 0 Å². The largest absolute Gasteiger partial charge is 0.354 e. The van der Waals surface area contributed by atoms with E-state index < -0.39 is 0 Å². The summed E-state index contributed by atoms with van der Waals surface area (Å²) in [5.74, 6) is 0. The molecule has 0 saturated carbocycles. The zero-order valence-corrected chi connectivity index (χ0v) is 35.3. The molecule has 0 saturated heterocycles. The molecular formula is C54H50N4. The molecule has 4 heteroatoms. The lowest BCUT2D eigenvalue weighted by Crippen LogP contribution is -1.96. The molecule has 286 valence electrons. The Labute approximate surface area is 342 Å². The summed E-state index contributed by atoms with van der Waals surface area (Å²) in [5.41, 5.74) is 29.2. The van der Waals surface area contributed by atoms with Gasteiger partial charge in [-0.2, -0.15) is 0 Å². The summed E-state index contributed by atoms with van der Waals surface area (Å²) < 4.78 is 0. The van der Waals surface area contributed by atoms with E-state index in [2.05, 4.69) is 188 Å². The van der Waals surface area contributed by atoms with E-state index in [4.69, 9.17) is 9.97 Å².